The van der Waals surface area contributed by atoms with Gasteiger partial charge in [0.1, 0.15) is 0 Å². The van der Waals surface area contributed by atoms with Crippen LogP contribution in [0, 0.1) is 40.9 Å². The molecule has 2 saturated heterocycles. The molecule has 0 radical (unpaired) electrons. The topological polar surface area (TPSA) is 27.7 Å². The summed E-state index contributed by atoms with van der Waals surface area (Å²) in [7, 11) is -0.101. The number of fused-ring (bicyclic) bond motifs is 9. The fourth-order valence-corrected chi connectivity index (χ4v) is 11.6. The van der Waals surface area contributed by atoms with E-state index >= 15 is 0 Å². The van der Waals surface area contributed by atoms with Gasteiger partial charge in [0.2, 0.25) is 0 Å². The van der Waals surface area contributed by atoms with Crippen molar-refractivity contribution < 1.29 is 14.0 Å². The zero-order valence-electron chi connectivity index (χ0n) is 23.1. The summed E-state index contributed by atoms with van der Waals surface area (Å²) in [5, 5.41) is 0. The smallest absolute Gasteiger partial charge is 0.403 e. The third-order valence-electron chi connectivity index (χ3n) is 13.3. The molecule has 5 aliphatic carbocycles. The van der Waals surface area contributed by atoms with Crippen LogP contribution >= 0.6 is 0 Å². The lowest BCUT2D eigenvalue weighted by atomic mass is 9.43. The first-order valence-electron chi connectivity index (χ1n) is 15.9. The largest absolute Gasteiger partial charge is 0.463 e. The fourth-order valence-electron chi connectivity index (χ4n) is 11.6. The van der Waals surface area contributed by atoms with Crippen LogP contribution in [0.3, 0.4) is 0 Å². The molecule has 196 valence electrons. The van der Waals surface area contributed by atoms with Crippen molar-refractivity contribution in [1.29, 1.82) is 0 Å². The van der Waals surface area contributed by atoms with Crippen molar-refractivity contribution in [2.45, 2.75) is 153 Å². The first kappa shape index (κ1) is 24.0. The molecule has 2 aliphatic heterocycles. The van der Waals surface area contributed by atoms with E-state index in [0.717, 1.165) is 35.5 Å². The zero-order chi connectivity index (χ0) is 24.0. The van der Waals surface area contributed by atoms with Gasteiger partial charge in [-0.05, 0) is 120 Å². The normalized spacial score (nSPS) is 52.5. The maximum atomic E-state index is 7.34. The average molecular weight is 483 g/mol. The molecular formula is C31H51BO3. The predicted molar refractivity (Wildman–Crippen MR) is 141 cm³/mol. The Kier molecular flexibility index (Phi) is 5.81. The van der Waals surface area contributed by atoms with E-state index in [4.69, 9.17) is 14.0 Å². The molecule has 0 aromatic carbocycles. The third kappa shape index (κ3) is 3.33. The fraction of sp³-hybridized carbons (Fsp3) is 1.00. The Hall–Kier alpha value is -0.0551. The van der Waals surface area contributed by atoms with Crippen LogP contribution in [0.2, 0.25) is 5.82 Å². The monoisotopic (exact) mass is 482 g/mol. The summed E-state index contributed by atoms with van der Waals surface area (Å²) < 4.78 is 20.8. The molecule has 0 amide bonds. The zero-order valence-corrected chi connectivity index (χ0v) is 23.1. The molecule has 9 unspecified atom stereocenters. The van der Waals surface area contributed by atoms with Crippen molar-refractivity contribution in [2.24, 2.45) is 40.9 Å². The van der Waals surface area contributed by atoms with Crippen molar-refractivity contribution >= 4 is 7.12 Å². The summed E-state index contributed by atoms with van der Waals surface area (Å²) in [5.41, 5.74) is 0.0493. The molecule has 0 bridgehead atoms. The SMILES string of the molecule is CC1(C)OB(C2CCCC3C2OC2CCCCC2C32C3CCCCC3C3CCCCC32)OC1(C)C. The molecule has 1 spiro atoms. The molecule has 35 heavy (non-hydrogen) atoms. The molecule has 2 heterocycles. The van der Waals surface area contributed by atoms with E-state index in [-0.39, 0.29) is 18.3 Å². The maximum Gasteiger partial charge on any atom is 0.463 e. The Morgan fingerprint density at radius 1 is 0.543 bits per heavy atom. The highest BCUT2D eigenvalue weighted by atomic mass is 16.7. The Balaban J connectivity index is 1.31. The van der Waals surface area contributed by atoms with Crippen molar-refractivity contribution in [3.8, 4) is 0 Å². The first-order valence-corrected chi connectivity index (χ1v) is 15.9. The Bertz CT molecular complexity index is 771. The van der Waals surface area contributed by atoms with Gasteiger partial charge in [0.25, 0.3) is 0 Å². The summed E-state index contributed by atoms with van der Waals surface area (Å²) in [6.45, 7) is 8.90. The minimum Gasteiger partial charge on any atom is -0.403 e. The van der Waals surface area contributed by atoms with Gasteiger partial charge in [-0.1, -0.05) is 44.9 Å². The number of rotatable bonds is 1. The minimum absolute atomic E-state index is 0.101. The van der Waals surface area contributed by atoms with Crippen LogP contribution in [0.1, 0.15) is 124 Å². The van der Waals surface area contributed by atoms with Gasteiger partial charge in [-0.2, -0.15) is 0 Å². The molecule has 7 aliphatic rings. The highest BCUT2D eigenvalue weighted by Crippen LogP contribution is 2.74. The highest BCUT2D eigenvalue weighted by molar-refractivity contribution is 6.47. The van der Waals surface area contributed by atoms with Crippen LogP contribution in [-0.2, 0) is 14.0 Å². The molecule has 7 rings (SSSR count). The van der Waals surface area contributed by atoms with E-state index in [1.807, 2.05) is 0 Å². The molecule has 9 atom stereocenters. The first-order chi connectivity index (χ1) is 16.8. The van der Waals surface area contributed by atoms with Crippen LogP contribution < -0.4 is 0 Å². The van der Waals surface area contributed by atoms with E-state index in [1.165, 1.54) is 96.3 Å². The molecule has 0 aromatic heterocycles. The molecular weight excluding hydrogens is 431 g/mol. The van der Waals surface area contributed by atoms with Gasteiger partial charge in [0.15, 0.2) is 0 Å². The van der Waals surface area contributed by atoms with E-state index in [0.29, 0.717) is 23.4 Å². The van der Waals surface area contributed by atoms with Crippen LogP contribution in [0.5, 0.6) is 0 Å². The van der Waals surface area contributed by atoms with Crippen molar-refractivity contribution in [1.82, 2.24) is 0 Å². The van der Waals surface area contributed by atoms with Crippen molar-refractivity contribution in [2.75, 3.05) is 0 Å². The summed E-state index contributed by atoms with van der Waals surface area (Å²) >= 11 is 0. The van der Waals surface area contributed by atoms with Gasteiger partial charge in [0, 0.05) is 5.82 Å². The molecule has 0 aromatic rings. The summed E-state index contributed by atoms with van der Waals surface area (Å²) in [6.07, 6.45) is 22.4. The molecule has 3 nitrogen and oxygen atoms in total. The second-order valence-corrected chi connectivity index (χ2v) is 15.0. The standard InChI is InChI=1S/C31H51BO3/c1-29(2)30(3,4)35-32(34-29)26-18-11-17-25-28(26)33-27-19-10-9-16-24(27)31(25)22-14-7-5-12-20(22)21-13-6-8-15-23(21)31/h20-28H,5-19H2,1-4H3. The number of hydrogen-bond donors (Lipinski definition) is 0. The lowest BCUT2D eigenvalue weighted by Gasteiger charge is -2.64. The average Bonchev–Trinajstić information content (AvgIpc) is 3.27. The van der Waals surface area contributed by atoms with Crippen LogP contribution in [0.4, 0.5) is 0 Å². The van der Waals surface area contributed by atoms with Crippen LogP contribution in [0.25, 0.3) is 0 Å². The van der Waals surface area contributed by atoms with Crippen LogP contribution in [0.15, 0.2) is 0 Å². The van der Waals surface area contributed by atoms with E-state index in [1.54, 1.807) is 0 Å². The molecule has 5 saturated carbocycles. The summed E-state index contributed by atoms with van der Waals surface area (Å²) in [6, 6.07) is 0. The number of ether oxygens (including phenoxy) is 1. The lowest BCUT2D eigenvalue weighted by molar-refractivity contribution is -0.243. The summed E-state index contributed by atoms with van der Waals surface area (Å²) in [4.78, 5) is 0. The van der Waals surface area contributed by atoms with E-state index in [2.05, 4.69) is 27.7 Å². The van der Waals surface area contributed by atoms with Gasteiger partial charge in [-0.25, -0.2) is 0 Å². The minimum atomic E-state index is -0.249. The quantitative estimate of drug-likeness (QED) is 0.357. The van der Waals surface area contributed by atoms with Gasteiger partial charge >= 0.3 is 7.12 Å². The van der Waals surface area contributed by atoms with E-state index in [9.17, 15) is 0 Å². The van der Waals surface area contributed by atoms with Gasteiger partial charge in [-0.15, -0.1) is 0 Å². The highest BCUT2D eigenvalue weighted by Gasteiger charge is 2.71. The third-order valence-corrected chi connectivity index (χ3v) is 13.3. The Morgan fingerprint density at radius 2 is 1.06 bits per heavy atom. The maximum absolute atomic E-state index is 7.34. The molecule has 0 N–H and O–H groups in total. The van der Waals surface area contributed by atoms with Crippen LogP contribution in [-0.4, -0.2) is 30.5 Å². The van der Waals surface area contributed by atoms with Gasteiger partial charge in [-0.3, -0.25) is 0 Å². The second-order valence-electron chi connectivity index (χ2n) is 15.0. The van der Waals surface area contributed by atoms with Crippen molar-refractivity contribution in [3.05, 3.63) is 0 Å². The number of hydrogen-bond acceptors (Lipinski definition) is 3. The van der Waals surface area contributed by atoms with Gasteiger partial charge < -0.3 is 14.0 Å². The predicted octanol–water partition coefficient (Wildman–Crippen LogP) is 7.82. The lowest BCUT2D eigenvalue weighted by Crippen LogP contribution is -2.63. The Morgan fingerprint density at radius 3 is 1.69 bits per heavy atom. The second kappa shape index (κ2) is 8.47. The molecule has 7 fully saturated rings. The molecule has 4 heteroatoms. The summed E-state index contributed by atoms with van der Waals surface area (Å²) in [5.74, 6) is 5.96. The van der Waals surface area contributed by atoms with E-state index < -0.39 is 0 Å². The Labute approximate surface area is 215 Å². The van der Waals surface area contributed by atoms with Gasteiger partial charge in [0.05, 0.1) is 23.4 Å². The van der Waals surface area contributed by atoms with Crippen molar-refractivity contribution in [3.63, 3.8) is 0 Å².